The number of alkyl halides is 1. The van der Waals surface area contributed by atoms with Crippen LogP contribution >= 0.6 is 11.6 Å². The summed E-state index contributed by atoms with van der Waals surface area (Å²) in [4.78, 5) is 0. The van der Waals surface area contributed by atoms with Gasteiger partial charge in [-0.25, -0.2) is 0 Å². The molecule has 0 radical (unpaired) electrons. The average Bonchev–Trinajstić information content (AvgIpc) is 2.24. The van der Waals surface area contributed by atoms with Gasteiger partial charge in [0.15, 0.2) is 8.32 Å². The van der Waals surface area contributed by atoms with Crippen molar-refractivity contribution < 1.29 is 4.43 Å². The van der Waals surface area contributed by atoms with E-state index in [1.165, 1.54) is 19.3 Å². The monoisotopic (exact) mass is 300 g/mol. The molecule has 19 heavy (non-hydrogen) atoms. The van der Waals surface area contributed by atoms with Gasteiger partial charge in [-0.05, 0) is 37.4 Å². The Balaban J connectivity index is 2.55. The zero-order chi connectivity index (χ0) is 14.6. The number of rotatable bonds is 5. The highest BCUT2D eigenvalue weighted by atomic mass is 35.5. The first-order valence-electron chi connectivity index (χ1n) is 7.42. The molecule has 1 aliphatic rings. The van der Waals surface area contributed by atoms with Gasteiger partial charge in [-0.15, -0.1) is 17.5 Å². The molecule has 0 atom stereocenters. The summed E-state index contributed by atoms with van der Waals surface area (Å²) < 4.78 is 6.37. The highest BCUT2D eigenvalue weighted by Gasteiger charge is 2.42. The summed E-state index contributed by atoms with van der Waals surface area (Å²) >= 11 is 5.68. The first-order chi connectivity index (χ1) is 8.72. The molecule has 0 N–H and O–H groups in total. The molecule has 0 amide bonds. The van der Waals surface area contributed by atoms with Crippen LogP contribution in [-0.4, -0.2) is 20.8 Å². The minimum absolute atomic E-state index is 0.155. The Kier molecular flexibility index (Phi) is 5.98. The molecule has 0 heterocycles. The van der Waals surface area contributed by atoms with Crippen molar-refractivity contribution in [3.63, 3.8) is 0 Å². The smallest absolute Gasteiger partial charge is 0.192 e. The lowest BCUT2D eigenvalue weighted by Gasteiger charge is -2.43. The van der Waals surface area contributed by atoms with Crippen molar-refractivity contribution >= 4 is 19.9 Å². The van der Waals surface area contributed by atoms with Gasteiger partial charge in [0.25, 0.3) is 0 Å². The number of hydrogen-bond acceptors (Lipinski definition) is 1. The van der Waals surface area contributed by atoms with Crippen LogP contribution in [0.25, 0.3) is 0 Å². The Bertz CT molecular complexity index is 342. The van der Waals surface area contributed by atoms with E-state index < -0.39 is 8.32 Å². The molecular weight excluding hydrogens is 272 g/mol. The molecule has 0 spiro atoms. The fraction of sp³-hybridized carbons (Fsp3) is 0.875. The normalized spacial score (nSPS) is 18.4. The third kappa shape index (κ3) is 4.81. The van der Waals surface area contributed by atoms with Crippen LogP contribution < -0.4 is 0 Å². The largest absolute Gasteiger partial charge is 0.415 e. The van der Waals surface area contributed by atoms with E-state index in [1.54, 1.807) is 0 Å². The van der Waals surface area contributed by atoms with Gasteiger partial charge in [0, 0.05) is 12.3 Å². The van der Waals surface area contributed by atoms with Gasteiger partial charge in [0.05, 0.1) is 12.0 Å². The Labute approximate surface area is 125 Å². The van der Waals surface area contributed by atoms with E-state index in [0.717, 1.165) is 19.4 Å². The first-order valence-corrected chi connectivity index (χ1v) is 10.9. The van der Waals surface area contributed by atoms with Gasteiger partial charge in [-0.1, -0.05) is 33.1 Å². The van der Waals surface area contributed by atoms with Gasteiger partial charge < -0.3 is 4.43 Å². The fourth-order valence-electron chi connectivity index (χ4n) is 1.85. The summed E-state index contributed by atoms with van der Waals surface area (Å²) in [5, 5.41) is 0.282. The quantitative estimate of drug-likeness (QED) is 0.293. The van der Waals surface area contributed by atoms with E-state index in [1.807, 2.05) is 0 Å². The third-order valence-corrected chi connectivity index (χ3v) is 9.36. The Morgan fingerprint density at radius 1 is 1.26 bits per heavy atom. The maximum absolute atomic E-state index is 6.37. The van der Waals surface area contributed by atoms with Crippen LogP contribution in [0.4, 0.5) is 0 Å². The molecule has 1 fully saturated rings. The van der Waals surface area contributed by atoms with Crippen molar-refractivity contribution in [2.75, 3.05) is 12.5 Å². The zero-order valence-electron chi connectivity index (χ0n) is 13.2. The molecule has 0 aromatic rings. The highest BCUT2D eigenvalue weighted by molar-refractivity contribution is 6.74. The molecule has 3 heteroatoms. The highest BCUT2D eigenvalue weighted by Crippen LogP contribution is 2.43. The Morgan fingerprint density at radius 3 is 2.32 bits per heavy atom. The summed E-state index contributed by atoms with van der Waals surface area (Å²) in [7, 11) is -1.64. The summed E-state index contributed by atoms with van der Waals surface area (Å²) in [6, 6.07) is 0. The second kappa shape index (κ2) is 6.65. The van der Waals surface area contributed by atoms with Crippen molar-refractivity contribution in [3.8, 4) is 11.8 Å². The van der Waals surface area contributed by atoms with Gasteiger partial charge >= 0.3 is 0 Å². The number of halogens is 1. The van der Waals surface area contributed by atoms with Crippen LogP contribution in [0.3, 0.4) is 0 Å². The lowest BCUT2D eigenvalue weighted by atomic mass is 9.70. The van der Waals surface area contributed by atoms with Crippen molar-refractivity contribution in [2.45, 2.75) is 71.0 Å². The molecule has 0 aromatic carbocycles. The fourth-order valence-corrected chi connectivity index (χ4v) is 3.05. The van der Waals surface area contributed by atoms with Crippen LogP contribution in [0, 0.1) is 17.3 Å². The molecule has 0 unspecified atom stereocenters. The van der Waals surface area contributed by atoms with E-state index in [4.69, 9.17) is 16.0 Å². The molecule has 1 aliphatic carbocycles. The maximum Gasteiger partial charge on any atom is 0.192 e. The standard InChI is InChI=1S/C16H29ClOSi/c1-15(2,3)19(4,5)18-14-16(11-9-12-16)10-7-6-8-13-17/h6,8-9,11-14H2,1-5H3. The minimum atomic E-state index is -1.64. The van der Waals surface area contributed by atoms with Gasteiger partial charge in [-0.3, -0.25) is 0 Å². The Morgan fingerprint density at radius 2 is 1.89 bits per heavy atom. The lowest BCUT2D eigenvalue weighted by molar-refractivity contribution is 0.107. The number of hydrogen-bond donors (Lipinski definition) is 0. The van der Waals surface area contributed by atoms with Crippen LogP contribution in [0.2, 0.25) is 18.1 Å². The van der Waals surface area contributed by atoms with Crippen molar-refractivity contribution in [1.82, 2.24) is 0 Å². The van der Waals surface area contributed by atoms with Crippen LogP contribution in [0.15, 0.2) is 0 Å². The van der Waals surface area contributed by atoms with E-state index in [0.29, 0.717) is 5.88 Å². The van der Waals surface area contributed by atoms with Crippen molar-refractivity contribution in [3.05, 3.63) is 0 Å². The summed E-state index contributed by atoms with van der Waals surface area (Å²) in [6.07, 6.45) is 5.62. The molecular formula is C16H29ClOSi. The van der Waals surface area contributed by atoms with Gasteiger partial charge in [-0.2, -0.15) is 0 Å². The zero-order valence-corrected chi connectivity index (χ0v) is 15.0. The molecule has 0 aliphatic heterocycles. The molecule has 0 aromatic heterocycles. The predicted molar refractivity (Wildman–Crippen MR) is 87.2 cm³/mol. The predicted octanol–water partition coefficient (Wildman–Crippen LogP) is 5.20. The van der Waals surface area contributed by atoms with E-state index in [-0.39, 0.29) is 10.5 Å². The second-order valence-corrected chi connectivity index (χ2v) is 12.5. The molecule has 0 bridgehead atoms. The van der Waals surface area contributed by atoms with Gasteiger partial charge in [0.1, 0.15) is 0 Å². The molecule has 0 saturated heterocycles. The lowest BCUT2D eigenvalue weighted by Crippen LogP contribution is -2.45. The summed E-state index contributed by atoms with van der Waals surface area (Å²) in [6.45, 7) is 12.3. The van der Waals surface area contributed by atoms with Crippen LogP contribution in [0.1, 0.15) is 52.9 Å². The number of unbranched alkanes of at least 4 members (excludes halogenated alkanes) is 1. The SMILES string of the molecule is CC(C)(C)[Si](C)(C)OCC1(C#CCCCCl)CCC1. The topological polar surface area (TPSA) is 9.23 Å². The molecule has 1 saturated carbocycles. The van der Waals surface area contributed by atoms with E-state index in [9.17, 15) is 0 Å². The minimum Gasteiger partial charge on any atom is -0.415 e. The van der Waals surface area contributed by atoms with Crippen LogP contribution in [0.5, 0.6) is 0 Å². The van der Waals surface area contributed by atoms with E-state index >= 15 is 0 Å². The van der Waals surface area contributed by atoms with Crippen molar-refractivity contribution in [1.29, 1.82) is 0 Å². The first kappa shape index (κ1) is 17.1. The average molecular weight is 301 g/mol. The molecule has 1 rings (SSSR count). The van der Waals surface area contributed by atoms with Crippen LogP contribution in [-0.2, 0) is 4.43 Å². The maximum atomic E-state index is 6.37. The summed E-state index contributed by atoms with van der Waals surface area (Å²) in [5.74, 6) is 7.50. The molecule has 1 nitrogen and oxygen atoms in total. The van der Waals surface area contributed by atoms with Crippen molar-refractivity contribution in [2.24, 2.45) is 5.41 Å². The molecule has 110 valence electrons. The summed E-state index contributed by atoms with van der Waals surface area (Å²) in [5.41, 5.74) is 0.155. The second-order valence-electron chi connectivity index (χ2n) is 7.28. The Hall–Kier alpha value is 0.0269. The van der Waals surface area contributed by atoms with Gasteiger partial charge in [0.2, 0.25) is 0 Å². The third-order valence-electron chi connectivity index (χ3n) is 4.62. The van der Waals surface area contributed by atoms with E-state index in [2.05, 4.69) is 45.7 Å².